The molecule has 0 fully saturated rings. The summed E-state index contributed by atoms with van der Waals surface area (Å²) in [5.41, 5.74) is 20.9. The van der Waals surface area contributed by atoms with Gasteiger partial charge < -0.3 is 9.47 Å². The minimum Gasteiger partial charge on any atom is -0.310 e. The smallest absolute Gasteiger partial charge is 0.0542 e. The van der Waals surface area contributed by atoms with Crippen LogP contribution in [0.1, 0.15) is 48.6 Å². The van der Waals surface area contributed by atoms with Crippen molar-refractivity contribution in [1.82, 2.24) is 4.57 Å². The van der Waals surface area contributed by atoms with Gasteiger partial charge in [-0.1, -0.05) is 172 Å². The predicted octanol–water partition coefficient (Wildman–Crippen LogP) is 15.6. The molecule has 0 saturated heterocycles. The zero-order chi connectivity index (χ0) is 40.9. The fraction of sp³-hybridized carbons (Fsp3) is 0.0847. The lowest BCUT2D eigenvalue weighted by atomic mass is 9.74. The lowest BCUT2D eigenvalue weighted by molar-refractivity contribution is 0.660. The van der Waals surface area contributed by atoms with Crippen LogP contribution < -0.4 is 4.90 Å². The highest BCUT2D eigenvalue weighted by molar-refractivity contribution is 6.11. The van der Waals surface area contributed by atoms with Gasteiger partial charge in [0.05, 0.1) is 16.7 Å². The van der Waals surface area contributed by atoms with Gasteiger partial charge in [0.15, 0.2) is 0 Å². The van der Waals surface area contributed by atoms with E-state index in [-0.39, 0.29) is 10.8 Å². The summed E-state index contributed by atoms with van der Waals surface area (Å²) in [4.78, 5) is 2.52. The van der Waals surface area contributed by atoms with Crippen molar-refractivity contribution in [3.8, 4) is 39.1 Å². The molecular weight excluding hydrogens is 737 g/mol. The Bertz CT molecular complexity index is 3350. The number of hydrogen-bond acceptors (Lipinski definition) is 1. The Hall–Kier alpha value is -7.42. The Balaban J connectivity index is 1.14. The lowest BCUT2D eigenvalue weighted by Crippen LogP contribution is -2.23. The van der Waals surface area contributed by atoms with Gasteiger partial charge in [0, 0.05) is 44.2 Å². The van der Waals surface area contributed by atoms with Crippen molar-refractivity contribution in [3.63, 3.8) is 0 Å². The Morgan fingerprint density at radius 3 is 1.77 bits per heavy atom. The molecule has 290 valence electrons. The molecule has 0 aliphatic heterocycles. The van der Waals surface area contributed by atoms with Gasteiger partial charge in [0.2, 0.25) is 0 Å². The fourth-order valence-corrected chi connectivity index (χ4v) is 11.0. The topological polar surface area (TPSA) is 8.17 Å². The quantitative estimate of drug-likeness (QED) is 0.163. The number of anilines is 3. The third-order valence-corrected chi connectivity index (χ3v) is 13.9. The van der Waals surface area contributed by atoms with E-state index in [1.165, 1.54) is 83.0 Å². The SMILES string of the molecule is CC1(C)c2ccccc2-c2c(-c3ccccc3N(c3ccc4c(c3)C(C)(c3ccccc3)c3ccccc3-4)c3ccc4c(c3)c3ccccc3n4-c3ccccc3)cccc21. The summed E-state index contributed by atoms with van der Waals surface area (Å²) in [7, 11) is 0. The molecule has 12 rings (SSSR count). The van der Waals surface area contributed by atoms with Crippen molar-refractivity contribution in [3.05, 3.63) is 240 Å². The molecule has 2 aliphatic carbocycles. The molecule has 0 radical (unpaired) electrons. The van der Waals surface area contributed by atoms with Crippen molar-refractivity contribution < 1.29 is 0 Å². The van der Waals surface area contributed by atoms with Gasteiger partial charge in [-0.3, -0.25) is 0 Å². The summed E-state index contributed by atoms with van der Waals surface area (Å²) < 4.78 is 2.40. The predicted molar refractivity (Wildman–Crippen MR) is 256 cm³/mol. The maximum absolute atomic E-state index is 2.52. The van der Waals surface area contributed by atoms with Crippen LogP contribution in [0.2, 0.25) is 0 Å². The molecule has 0 spiro atoms. The summed E-state index contributed by atoms with van der Waals surface area (Å²) in [6.07, 6.45) is 0. The summed E-state index contributed by atoms with van der Waals surface area (Å²) >= 11 is 0. The minimum atomic E-state index is -0.336. The van der Waals surface area contributed by atoms with Crippen molar-refractivity contribution in [2.45, 2.75) is 31.6 Å². The van der Waals surface area contributed by atoms with Gasteiger partial charge in [0.25, 0.3) is 0 Å². The highest BCUT2D eigenvalue weighted by Crippen LogP contribution is 2.56. The van der Waals surface area contributed by atoms with Crippen LogP contribution in [-0.4, -0.2) is 4.57 Å². The van der Waals surface area contributed by atoms with Crippen LogP contribution in [0.5, 0.6) is 0 Å². The van der Waals surface area contributed by atoms with Crippen LogP contribution in [-0.2, 0) is 10.8 Å². The number of fused-ring (bicyclic) bond motifs is 9. The number of para-hydroxylation sites is 3. The van der Waals surface area contributed by atoms with E-state index in [1.807, 2.05) is 0 Å². The average molecular weight is 781 g/mol. The number of benzene rings is 9. The van der Waals surface area contributed by atoms with E-state index in [4.69, 9.17) is 0 Å². The molecule has 1 unspecified atom stereocenters. The molecule has 0 N–H and O–H groups in total. The van der Waals surface area contributed by atoms with Crippen molar-refractivity contribution in [1.29, 1.82) is 0 Å². The standard InChI is InChI=1S/C59H44N2/c1-58(2)50-28-14-11-26-48(50)57-47(27-18-30-52(57)58)45-24-12-16-31-54(45)60(41-34-36-56-49(37-41)46-25-13-17-32-55(46)61(56)40-21-8-5-9-22-40)42-33-35-44-43-23-10-15-29-51(43)59(3,53(44)38-42)39-19-6-4-7-20-39/h4-38H,1-3H3. The van der Waals surface area contributed by atoms with Crippen LogP contribution in [0, 0.1) is 0 Å². The molecule has 1 aromatic heterocycles. The molecule has 0 saturated carbocycles. The second-order valence-corrected chi connectivity index (χ2v) is 17.4. The van der Waals surface area contributed by atoms with Crippen LogP contribution >= 0.6 is 0 Å². The Morgan fingerprint density at radius 2 is 0.951 bits per heavy atom. The van der Waals surface area contributed by atoms with Crippen molar-refractivity contribution in [2.24, 2.45) is 0 Å². The third-order valence-electron chi connectivity index (χ3n) is 13.9. The number of rotatable bonds is 6. The normalized spacial score (nSPS) is 15.7. The van der Waals surface area contributed by atoms with Gasteiger partial charge in [-0.05, 0) is 117 Å². The van der Waals surface area contributed by atoms with Crippen LogP contribution in [0.3, 0.4) is 0 Å². The first-order chi connectivity index (χ1) is 29.9. The first-order valence-electron chi connectivity index (χ1n) is 21.4. The molecule has 1 heterocycles. The zero-order valence-corrected chi connectivity index (χ0v) is 34.6. The van der Waals surface area contributed by atoms with Crippen LogP contribution in [0.25, 0.3) is 60.9 Å². The minimum absolute atomic E-state index is 0.106. The average Bonchev–Trinajstić information content (AvgIpc) is 3.88. The molecule has 2 aliphatic rings. The Labute approximate surface area is 357 Å². The molecule has 1 atom stereocenters. The molecule has 9 aromatic carbocycles. The van der Waals surface area contributed by atoms with E-state index >= 15 is 0 Å². The van der Waals surface area contributed by atoms with Gasteiger partial charge >= 0.3 is 0 Å². The van der Waals surface area contributed by atoms with Gasteiger partial charge in [-0.2, -0.15) is 0 Å². The van der Waals surface area contributed by atoms with E-state index < -0.39 is 0 Å². The van der Waals surface area contributed by atoms with Crippen LogP contribution in [0.15, 0.2) is 212 Å². The largest absolute Gasteiger partial charge is 0.310 e. The van der Waals surface area contributed by atoms with E-state index in [0.29, 0.717) is 0 Å². The lowest BCUT2D eigenvalue weighted by Gasteiger charge is -2.32. The summed E-state index contributed by atoms with van der Waals surface area (Å²) in [6, 6.07) is 78.8. The van der Waals surface area contributed by atoms with E-state index in [9.17, 15) is 0 Å². The number of nitrogens with zero attached hydrogens (tertiary/aromatic N) is 2. The summed E-state index contributed by atoms with van der Waals surface area (Å²) in [5.74, 6) is 0. The van der Waals surface area contributed by atoms with Gasteiger partial charge in [-0.25, -0.2) is 0 Å². The first kappa shape index (κ1) is 35.5. The Kier molecular flexibility index (Phi) is 7.74. The number of aromatic nitrogens is 1. The molecule has 10 aromatic rings. The highest BCUT2D eigenvalue weighted by atomic mass is 15.1. The molecule has 2 heteroatoms. The molecule has 2 nitrogen and oxygen atoms in total. The van der Waals surface area contributed by atoms with Crippen molar-refractivity contribution in [2.75, 3.05) is 4.90 Å². The second-order valence-electron chi connectivity index (χ2n) is 17.4. The summed E-state index contributed by atoms with van der Waals surface area (Å²) in [6.45, 7) is 7.14. The number of hydrogen-bond donors (Lipinski definition) is 0. The molecule has 0 amide bonds. The van der Waals surface area contributed by atoms with E-state index in [0.717, 1.165) is 22.7 Å². The second kappa shape index (κ2) is 13.3. The van der Waals surface area contributed by atoms with Gasteiger partial charge in [-0.15, -0.1) is 0 Å². The van der Waals surface area contributed by atoms with Crippen molar-refractivity contribution >= 4 is 38.9 Å². The highest BCUT2D eigenvalue weighted by Gasteiger charge is 2.41. The Morgan fingerprint density at radius 1 is 0.377 bits per heavy atom. The van der Waals surface area contributed by atoms with Gasteiger partial charge in [0.1, 0.15) is 0 Å². The maximum atomic E-state index is 2.52. The zero-order valence-electron chi connectivity index (χ0n) is 34.6. The maximum Gasteiger partial charge on any atom is 0.0542 e. The van der Waals surface area contributed by atoms with E-state index in [1.54, 1.807) is 0 Å². The third kappa shape index (κ3) is 5.09. The first-order valence-corrected chi connectivity index (χ1v) is 21.4. The van der Waals surface area contributed by atoms with E-state index in [2.05, 4.69) is 243 Å². The molecular formula is C59H44N2. The molecule has 61 heavy (non-hydrogen) atoms. The fourth-order valence-electron chi connectivity index (χ4n) is 11.0. The van der Waals surface area contributed by atoms with Crippen LogP contribution in [0.4, 0.5) is 17.1 Å². The summed E-state index contributed by atoms with van der Waals surface area (Å²) in [5, 5.41) is 2.45. The monoisotopic (exact) mass is 780 g/mol. The molecule has 0 bridgehead atoms.